The quantitative estimate of drug-likeness (QED) is 0.868. The smallest absolute Gasteiger partial charge is 0.163 e. The van der Waals surface area contributed by atoms with Gasteiger partial charge < -0.3 is 9.84 Å². The van der Waals surface area contributed by atoms with Crippen LogP contribution in [0.2, 0.25) is 5.02 Å². The largest absolute Gasteiger partial charge is 0.507 e. The summed E-state index contributed by atoms with van der Waals surface area (Å²) < 4.78 is 5.63. The normalized spacial score (nSPS) is 20.1. The second-order valence-electron chi connectivity index (χ2n) is 5.15. The Hall–Kier alpha value is -1.10. The number of rotatable bonds is 4. The highest BCUT2D eigenvalue weighted by atomic mass is 35.5. The molecule has 0 amide bonds. The van der Waals surface area contributed by atoms with Crippen LogP contribution in [0.1, 0.15) is 36.2 Å². The number of hydrogen-bond donors (Lipinski definition) is 1. The molecular weight excluding hydrogens is 278 g/mol. The van der Waals surface area contributed by atoms with Crippen LogP contribution in [0, 0.1) is 0 Å². The summed E-state index contributed by atoms with van der Waals surface area (Å²) in [6.45, 7) is 6.44. The van der Waals surface area contributed by atoms with Gasteiger partial charge in [0.15, 0.2) is 5.78 Å². The van der Waals surface area contributed by atoms with Gasteiger partial charge in [-0.1, -0.05) is 18.5 Å². The Kier molecular flexibility index (Phi) is 5.02. The lowest BCUT2D eigenvalue weighted by Gasteiger charge is -2.32. The topological polar surface area (TPSA) is 49.8 Å². The van der Waals surface area contributed by atoms with Crippen LogP contribution in [-0.2, 0) is 11.3 Å². The van der Waals surface area contributed by atoms with Gasteiger partial charge in [-0.25, -0.2) is 0 Å². The van der Waals surface area contributed by atoms with Crippen LogP contribution in [0.5, 0.6) is 5.75 Å². The van der Waals surface area contributed by atoms with Crippen LogP contribution in [0.3, 0.4) is 0 Å². The van der Waals surface area contributed by atoms with Crippen LogP contribution < -0.4 is 0 Å². The van der Waals surface area contributed by atoms with Crippen molar-refractivity contribution in [3.8, 4) is 5.75 Å². The van der Waals surface area contributed by atoms with Gasteiger partial charge in [0, 0.05) is 30.2 Å². The van der Waals surface area contributed by atoms with E-state index in [1.54, 1.807) is 6.07 Å². The van der Waals surface area contributed by atoms with E-state index in [0.717, 1.165) is 19.5 Å². The van der Waals surface area contributed by atoms with Gasteiger partial charge in [-0.05, 0) is 25.5 Å². The van der Waals surface area contributed by atoms with Crippen molar-refractivity contribution in [3.05, 3.63) is 28.3 Å². The first-order chi connectivity index (χ1) is 9.51. The van der Waals surface area contributed by atoms with Crippen LogP contribution in [0.25, 0.3) is 0 Å². The fourth-order valence-electron chi connectivity index (χ4n) is 2.46. The zero-order valence-electron chi connectivity index (χ0n) is 11.9. The number of benzene rings is 1. The molecule has 1 aliphatic rings. The molecule has 1 unspecified atom stereocenters. The Bertz CT molecular complexity index is 504. The van der Waals surface area contributed by atoms with E-state index in [-0.39, 0.29) is 23.2 Å². The third kappa shape index (κ3) is 3.51. The van der Waals surface area contributed by atoms with Gasteiger partial charge in [0.1, 0.15) is 5.75 Å². The van der Waals surface area contributed by atoms with Crippen molar-refractivity contribution in [1.82, 2.24) is 4.90 Å². The number of aromatic hydroxyl groups is 1. The second kappa shape index (κ2) is 6.57. The third-order valence-corrected chi connectivity index (χ3v) is 3.82. The fraction of sp³-hybridized carbons (Fsp3) is 0.533. The molecular formula is C15H20ClNO3. The van der Waals surface area contributed by atoms with E-state index in [2.05, 4.69) is 11.8 Å². The van der Waals surface area contributed by atoms with Crippen molar-refractivity contribution in [1.29, 1.82) is 0 Å². The van der Waals surface area contributed by atoms with E-state index in [4.69, 9.17) is 16.3 Å². The third-order valence-electron chi connectivity index (χ3n) is 3.61. The van der Waals surface area contributed by atoms with Gasteiger partial charge in [-0.3, -0.25) is 9.69 Å². The van der Waals surface area contributed by atoms with E-state index in [9.17, 15) is 9.90 Å². The molecule has 4 nitrogen and oxygen atoms in total. The van der Waals surface area contributed by atoms with Crippen molar-refractivity contribution >= 4 is 17.4 Å². The van der Waals surface area contributed by atoms with Gasteiger partial charge in [-0.15, -0.1) is 0 Å². The van der Waals surface area contributed by atoms with Crippen LogP contribution >= 0.6 is 11.6 Å². The summed E-state index contributed by atoms with van der Waals surface area (Å²) in [4.78, 5) is 13.7. The number of nitrogens with zero attached hydrogens (tertiary/aromatic N) is 1. The molecule has 1 heterocycles. The lowest BCUT2D eigenvalue weighted by Crippen LogP contribution is -2.41. The molecule has 1 atom stereocenters. The number of carbonyl (C=O) groups excluding carboxylic acids is 1. The molecule has 2 rings (SSSR count). The highest BCUT2D eigenvalue weighted by Gasteiger charge is 2.21. The molecule has 1 fully saturated rings. The molecule has 0 aliphatic carbocycles. The molecule has 20 heavy (non-hydrogen) atoms. The van der Waals surface area contributed by atoms with Gasteiger partial charge in [0.2, 0.25) is 0 Å². The Morgan fingerprint density at radius 1 is 1.55 bits per heavy atom. The lowest BCUT2D eigenvalue weighted by atomic mass is 10.0. The predicted octanol–water partition coefficient (Wildman–Crippen LogP) is 2.86. The van der Waals surface area contributed by atoms with Crippen molar-refractivity contribution in [2.24, 2.45) is 0 Å². The number of phenolic OH excluding ortho intramolecular Hbond substituents is 1. The number of morpholine rings is 1. The summed E-state index contributed by atoms with van der Waals surface area (Å²) in [5, 5.41) is 10.7. The summed E-state index contributed by atoms with van der Waals surface area (Å²) in [6.07, 6.45) is 1.20. The molecule has 1 aromatic rings. The minimum atomic E-state index is -0.181. The Labute approximate surface area is 124 Å². The molecule has 5 heteroatoms. The molecule has 0 saturated carbocycles. The minimum absolute atomic E-state index is 0.0430. The zero-order valence-corrected chi connectivity index (χ0v) is 12.6. The van der Waals surface area contributed by atoms with Crippen molar-refractivity contribution in [2.45, 2.75) is 32.9 Å². The molecule has 0 bridgehead atoms. The number of ether oxygens (including phenoxy) is 1. The summed E-state index contributed by atoms with van der Waals surface area (Å²) in [6, 6.07) is 3.23. The van der Waals surface area contributed by atoms with Gasteiger partial charge in [0.05, 0.1) is 18.3 Å². The number of ketones is 1. The summed E-state index contributed by atoms with van der Waals surface area (Å²) in [5.41, 5.74) is 0.979. The van der Waals surface area contributed by atoms with E-state index in [1.165, 1.54) is 13.0 Å². The monoisotopic (exact) mass is 297 g/mol. The molecule has 1 aromatic carbocycles. The molecule has 1 saturated heterocycles. The van der Waals surface area contributed by atoms with Crippen LogP contribution in [0.15, 0.2) is 12.1 Å². The number of Topliss-reactive ketones (excluding diaryl/α,β-unsaturated/α-hetero) is 1. The van der Waals surface area contributed by atoms with Gasteiger partial charge >= 0.3 is 0 Å². The molecule has 1 aliphatic heterocycles. The first-order valence-electron chi connectivity index (χ1n) is 6.87. The summed E-state index contributed by atoms with van der Waals surface area (Å²) >= 11 is 6.03. The average Bonchev–Trinajstić information content (AvgIpc) is 2.42. The molecule has 110 valence electrons. The number of halogens is 1. The first-order valence-corrected chi connectivity index (χ1v) is 7.25. The number of carbonyl (C=O) groups is 1. The Morgan fingerprint density at radius 3 is 2.95 bits per heavy atom. The van der Waals surface area contributed by atoms with E-state index < -0.39 is 0 Å². The standard InChI is InChI=1S/C15H20ClNO3/c1-3-13-9-17(4-5-20-13)8-11-6-12(16)7-14(10(2)18)15(11)19/h6-7,13,19H,3-5,8-9H2,1-2H3. The van der Waals surface area contributed by atoms with Crippen LogP contribution in [-0.4, -0.2) is 41.6 Å². The Morgan fingerprint density at radius 2 is 2.30 bits per heavy atom. The van der Waals surface area contributed by atoms with E-state index in [0.29, 0.717) is 23.7 Å². The lowest BCUT2D eigenvalue weighted by molar-refractivity contribution is -0.0326. The molecule has 1 N–H and O–H groups in total. The molecule has 0 spiro atoms. The highest BCUT2D eigenvalue weighted by molar-refractivity contribution is 6.31. The first kappa shape index (κ1) is 15.3. The number of phenols is 1. The highest BCUT2D eigenvalue weighted by Crippen LogP contribution is 2.29. The zero-order chi connectivity index (χ0) is 14.7. The second-order valence-corrected chi connectivity index (χ2v) is 5.59. The van der Waals surface area contributed by atoms with Crippen molar-refractivity contribution in [3.63, 3.8) is 0 Å². The van der Waals surface area contributed by atoms with Gasteiger partial charge in [-0.2, -0.15) is 0 Å². The maximum atomic E-state index is 11.5. The van der Waals surface area contributed by atoms with Crippen molar-refractivity contribution < 1.29 is 14.6 Å². The molecule has 0 aromatic heterocycles. The van der Waals surface area contributed by atoms with E-state index in [1.807, 2.05) is 0 Å². The fourth-order valence-corrected chi connectivity index (χ4v) is 2.70. The summed E-state index contributed by atoms with van der Waals surface area (Å²) in [7, 11) is 0. The maximum Gasteiger partial charge on any atom is 0.163 e. The van der Waals surface area contributed by atoms with E-state index >= 15 is 0 Å². The Balaban J connectivity index is 2.18. The number of hydrogen-bond acceptors (Lipinski definition) is 4. The van der Waals surface area contributed by atoms with Crippen molar-refractivity contribution in [2.75, 3.05) is 19.7 Å². The predicted molar refractivity (Wildman–Crippen MR) is 78.4 cm³/mol. The minimum Gasteiger partial charge on any atom is -0.507 e. The average molecular weight is 298 g/mol. The summed E-state index contributed by atoms with van der Waals surface area (Å²) in [5.74, 6) is -0.138. The van der Waals surface area contributed by atoms with Crippen LogP contribution in [0.4, 0.5) is 0 Å². The maximum absolute atomic E-state index is 11.5. The molecule has 0 radical (unpaired) electrons. The SMILES string of the molecule is CCC1CN(Cc2cc(Cl)cc(C(C)=O)c2O)CCO1. The van der Waals surface area contributed by atoms with Gasteiger partial charge in [0.25, 0.3) is 0 Å².